The van der Waals surface area contributed by atoms with Gasteiger partial charge in [0.15, 0.2) is 0 Å². The standard InChI is InChI=1S/C16H23ClN2/c1-13-5-6-16(11-13)19-9-7-18(8-10-19)15-4-2-3-14(17)12-15/h2-4,12-13,16H,5-11H2,1H3/t13-,16+/m1/s1. The van der Waals surface area contributed by atoms with E-state index in [0.717, 1.165) is 30.1 Å². The maximum Gasteiger partial charge on any atom is 0.0426 e. The molecule has 2 nitrogen and oxygen atoms in total. The van der Waals surface area contributed by atoms with Crippen molar-refractivity contribution in [3.8, 4) is 0 Å². The summed E-state index contributed by atoms with van der Waals surface area (Å²) in [5, 5.41) is 0.838. The molecule has 19 heavy (non-hydrogen) atoms. The van der Waals surface area contributed by atoms with Gasteiger partial charge in [0.2, 0.25) is 0 Å². The van der Waals surface area contributed by atoms with Crippen molar-refractivity contribution in [3.05, 3.63) is 29.3 Å². The summed E-state index contributed by atoms with van der Waals surface area (Å²) < 4.78 is 0. The highest BCUT2D eigenvalue weighted by molar-refractivity contribution is 6.30. The van der Waals surface area contributed by atoms with Gasteiger partial charge in [-0.15, -0.1) is 0 Å². The number of benzene rings is 1. The molecule has 1 aromatic rings. The van der Waals surface area contributed by atoms with Gasteiger partial charge in [-0.1, -0.05) is 24.6 Å². The number of piperazine rings is 1. The summed E-state index contributed by atoms with van der Waals surface area (Å²) in [7, 11) is 0. The summed E-state index contributed by atoms with van der Waals surface area (Å²) in [6.45, 7) is 7.05. The Morgan fingerprint density at radius 1 is 1.11 bits per heavy atom. The summed E-state index contributed by atoms with van der Waals surface area (Å²) in [6.07, 6.45) is 4.22. The van der Waals surface area contributed by atoms with Gasteiger partial charge in [-0.05, 0) is 43.4 Å². The zero-order valence-corrected chi connectivity index (χ0v) is 12.4. The molecule has 1 aromatic carbocycles. The molecule has 0 aromatic heterocycles. The van der Waals surface area contributed by atoms with Gasteiger partial charge in [0.25, 0.3) is 0 Å². The predicted molar refractivity (Wildman–Crippen MR) is 82.0 cm³/mol. The number of anilines is 1. The van der Waals surface area contributed by atoms with Crippen molar-refractivity contribution in [1.29, 1.82) is 0 Å². The van der Waals surface area contributed by atoms with Gasteiger partial charge in [0.1, 0.15) is 0 Å². The third-order valence-electron chi connectivity index (χ3n) is 4.67. The molecule has 1 saturated carbocycles. The lowest BCUT2D eigenvalue weighted by atomic mass is 10.1. The average molecular weight is 279 g/mol. The normalized spacial score (nSPS) is 28.8. The fourth-order valence-electron chi connectivity index (χ4n) is 3.53. The van der Waals surface area contributed by atoms with Crippen LogP contribution in [0.25, 0.3) is 0 Å². The van der Waals surface area contributed by atoms with E-state index in [2.05, 4.69) is 28.9 Å². The van der Waals surface area contributed by atoms with Crippen LogP contribution in [0, 0.1) is 5.92 Å². The lowest BCUT2D eigenvalue weighted by Gasteiger charge is -2.39. The van der Waals surface area contributed by atoms with Crippen LogP contribution in [-0.4, -0.2) is 37.1 Å². The molecule has 0 radical (unpaired) electrons. The van der Waals surface area contributed by atoms with E-state index in [1.807, 2.05) is 12.1 Å². The number of hydrogen-bond acceptors (Lipinski definition) is 2. The quantitative estimate of drug-likeness (QED) is 0.815. The SMILES string of the molecule is C[C@@H]1CC[C@H](N2CCN(c3cccc(Cl)c3)CC2)C1. The molecule has 104 valence electrons. The van der Waals surface area contributed by atoms with Crippen molar-refractivity contribution in [2.45, 2.75) is 32.2 Å². The number of hydrogen-bond donors (Lipinski definition) is 0. The second-order valence-corrected chi connectivity index (χ2v) is 6.51. The third-order valence-corrected chi connectivity index (χ3v) is 4.91. The molecule has 1 aliphatic heterocycles. The van der Waals surface area contributed by atoms with E-state index in [4.69, 9.17) is 11.6 Å². The Bertz CT molecular complexity index is 427. The lowest BCUT2D eigenvalue weighted by Crippen LogP contribution is -2.49. The Morgan fingerprint density at radius 2 is 1.89 bits per heavy atom. The summed E-state index contributed by atoms with van der Waals surface area (Å²) in [4.78, 5) is 5.16. The first kappa shape index (κ1) is 13.3. The first-order chi connectivity index (χ1) is 9.22. The molecular weight excluding hydrogens is 256 g/mol. The molecule has 0 bridgehead atoms. The van der Waals surface area contributed by atoms with Gasteiger partial charge in [-0.25, -0.2) is 0 Å². The molecule has 1 heterocycles. The first-order valence-corrected chi connectivity index (χ1v) is 7.85. The Hall–Kier alpha value is -0.730. The van der Waals surface area contributed by atoms with Gasteiger partial charge in [0.05, 0.1) is 0 Å². The zero-order valence-electron chi connectivity index (χ0n) is 11.7. The zero-order chi connectivity index (χ0) is 13.2. The topological polar surface area (TPSA) is 6.48 Å². The molecule has 3 heteroatoms. The van der Waals surface area contributed by atoms with E-state index in [1.54, 1.807) is 0 Å². The van der Waals surface area contributed by atoms with Crippen molar-refractivity contribution < 1.29 is 0 Å². The molecule has 0 amide bonds. The van der Waals surface area contributed by atoms with Crippen LogP contribution < -0.4 is 4.90 Å². The van der Waals surface area contributed by atoms with Gasteiger partial charge in [-0.3, -0.25) is 4.90 Å². The minimum absolute atomic E-state index is 0.838. The largest absolute Gasteiger partial charge is 0.369 e. The Labute approximate surface area is 121 Å². The molecule has 2 aliphatic rings. The fourth-order valence-corrected chi connectivity index (χ4v) is 3.71. The van der Waals surface area contributed by atoms with Gasteiger partial charge >= 0.3 is 0 Å². The van der Waals surface area contributed by atoms with Crippen LogP contribution in [0.2, 0.25) is 5.02 Å². The van der Waals surface area contributed by atoms with Crippen LogP contribution in [-0.2, 0) is 0 Å². The van der Waals surface area contributed by atoms with Crippen LogP contribution in [0.15, 0.2) is 24.3 Å². The van der Waals surface area contributed by atoms with Crippen LogP contribution in [0.4, 0.5) is 5.69 Å². The molecule has 3 rings (SSSR count). The predicted octanol–water partition coefficient (Wildman–Crippen LogP) is 3.65. The Morgan fingerprint density at radius 3 is 2.53 bits per heavy atom. The lowest BCUT2D eigenvalue weighted by molar-refractivity contribution is 0.184. The second-order valence-electron chi connectivity index (χ2n) is 6.07. The molecule has 0 unspecified atom stereocenters. The van der Waals surface area contributed by atoms with Gasteiger partial charge in [-0.2, -0.15) is 0 Å². The van der Waals surface area contributed by atoms with E-state index in [1.165, 1.54) is 38.0 Å². The summed E-state index contributed by atoms with van der Waals surface area (Å²) in [5.41, 5.74) is 1.27. The highest BCUT2D eigenvalue weighted by Crippen LogP contribution is 2.30. The number of rotatable bonds is 2. The van der Waals surface area contributed by atoms with Crippen molar-refractivity contribution in [1.82, 2.24) is 4.90 Å². The van der Waals surface area contributed by atoms with E-state index in [0.29, 0.717) is 0 Å². The van der Waals surface area contributed by atoms with Crippen LogP contribution in [0.5, 0.6) is 0 Å². The molecule has 0 N–H and O–H groups in total. The fraction of sp³-hybridized carbons (Fsp3) is 0.625. The second kappa shape index (κ2) is 5.72. The van der Waals surface area contributed by atoms with E-state index in [-0.39, 0.29) is 0 Å². The molecular formula is C16H23ClN2. The van der Waals surface area contributed by atoms with Crippen LogP contribution in [0.3, 0.4) is 0 Å². The monoisotopic (exact) mass is 278 g/mol. The van der Waals surface area contributed by atoms with Crippen molar-refractivity contribution in [2.24, 2.45) is 5.92 Å². The minimum Gasteiger partial charge on any atom is -0.369 e. The van der Waals surface area contributed by atoms with Gasteiger partial charge in [0, 0.05) is 42.9 Å². The molecule has 2 atom stereocenters. The maximum absolute atomic E-state index is 6.08. The van der Waals surface area contributed by atoms with E-state index < -0.39 is 0 Å². The highest BCUT2D eigenvalue weighted by atomic mass is 35.5. The Balaban J connectivity index is 1.57. The van der Waals surface area contributed by atoms with Crippen LogP contribution >= 0.6 is 11.6 Å². The Kier molecular flexibility index (Phi) is 3.99. The third kappa shape index (κ3) is 3.06. The van der Waals surface area contributed by atoms with Crippen molar-refractivity contribution in [3.63, 3.8) is 0 Å². The van der Waals surface area contributed by atoms with E-state index in [9.17, 15) is 0 Å². The molecule has 0 spiro atoms. The van der Waals surface area contributed by atoms with Crippen molar-refractivity contribution in [2.75, 3.05) is 31.1 Å². The smallest absolute Gasteiger partial charge is 0.0426 e. The average Bonchev–Trinajstić information content (AvgIpc) is 2.86. The first-order valence-electron chi connectivity index (χ1n) is 7.47. The number of halogens is 1. The molecule has 2 fully saturated rings. The summed E-state index contributed by atoms with van der Waals surface area (Å²) >= 11 is 6.08. The highest BCUT2D eigenvalue weighted by Gasteiger charge is 2.29. The number of nitrogens with zero attached hydrogens (tertiary/aromatic N) is 2. The van der Waals surface area contributed by atoms with Crippen LogP contribution in [0.1, 0.15) is 26.2 Å². The van der Waals surface area contributed by atoms with Crippen molar-refractivity contribution >= 4 is 17.3 Å². The maximum atomic E-state index is 6.08. The summed E-state index contributed by atoms with van der Waals surface area (Å²) in [6, 6.07) is 9.08. The van der Waals surface area contributed by atoms with E-state index >= 15 is 0 Å². The minimum atomic E-state index is 0.838. The molecule has 1 aliphatic carbocycles. The molecule has 1 saturated heterocycles. The summed E-state index contributed by atoms with van der Waals surface area (Å²) in [5.74, 6) is 0.927. The van der Waals surface area contributed by atoms with Gasteiger partial charge < -0.3 is 4.90 Å².